The molecule has 26 nitrogen and oxygen atoms in total. The predicted octanol–water partition coefficient (Wildman–Crippen LogP) is 5.24. The summed E-state index contributed by atoms with van der Waals surface area (Å²) in [6, 6.07) is 0.443. The van der Waals surface area contributed by atoms with Crippen molar-refractivity contribution < 1.29 is 96.2 Å². The molecule has 1 aromatic rings. The lowest BCUT2D eigenvalue weighted by molar-refractivity contribution is -0.305. The van der Waals surface area contributed by atoms with Crippen LogP contribution in [0, 0.1) is 41.4 Å². The van der Waals surface area contributed by atoms with Crippen LogP contribution in [0.3, 0.4) is 0 Å². The number of aliphatic hydroxyl groups is 2. The monoisotopic (exact) mass is 1250 g/mol. The number of ether oxygens (including phenoxy) is 11. The highest BCUT2D eigenvalue weighted by Crippen LogP contribution is 2.41. The van der Waals surface area contributed by atoms with Gasteiger partial charge in [0.25, 0.3) is 5.91 Å². The lowest BCUT2D eigenvalue weighted by Gasteiger charge is -2.45. The molecule has 2 amide bonds. The maximum atomic E-state index is 16.1. The number of Topliss-reactive ketones (excluding diaryl/α,β-unsaturated/α-hetero) is 1. The highest BCUT2D eigenvalue weighted by molar-refractivity contribution is 5.93. The van der Waals surface area contributed by atoms with Crippen LogP contribution in [0.25, 0.3) is 0 Å². The molecule has 0 radical (unpaired) electrons. The number of amides is 2. The second-order valence-electron chi connectivity index (χ2n) is 26.6. The van der Waals surface area contributed by atoms with Gasteiger partial charge in [-0.05, 0) is 86.5 Å². The fraction of sp³-hybridized carbons (Fsp3) is 0.839. The van der Waals surface area contributed by atoms with Crippen molar-refractivity contribution in [3.8, 4) is 5.88 Å². The summed E-state index contributed by atoms with van der Waals surface area (Å²) in [5.41, 5.74) is -3.17. The number of oxime groups is 1. The molecule has 0 aromatic carbocycles. The number of carbonyl (C=O) groups is 5. The Labute approximate surface area is 518 Å². The SMILES string of the molecule is CON=C1C[C@@H](C)O[C@@H](O[C@@H]2[C@@H](C)[C@H](O[C@H]3C[C@H](C)N(C4CC4)C[C@H](C)O3)[C@@H](C)C(=O)O[C@H]([C@@H](C)CO[C@@H]3O[C@H](C)[C@@H](O)[C@@H](OC)[C@H]3OC)[C@H](C)[C@@H](OC(=O)CC(C)C)[C@@H](C)C(=O)[C@@](C)(OC(=O)NC(C)(C)CNC(=O)c3cnc(O)cn3)C[C@@H]2C)[C@@H]1O. The first kappa shape index (κ1) is 72.3. The summed E-state index contributed by atoms with van der Waals surface area (Å²) < 4.78 is 71.0. The van der Waals surface area contributed by atoms with Gasteiger partial charge in [-0.3, -0.25) is 24.1 Å². The van der Waals surface area contributed by atoms with Crippen molar-refractivity contribution >= 4 is 35.4 Å². The van der Waals surface area contributed by atoms with E-state index >= 15 is 9.59 Å². The molecular formula is C62H102N6O20. The van der Waals surface area contributed by atoms with E-state index in [0.717, 1.165) is 25.2 Å². The largest absolute Gasteiger partial charge is 0.492 e. The summed E-state index contributed by atoms with van der Waals surface area (Å²) in [4.78, 5) is 88.8. The van der Waals surface area contributed by atoms with Crippen molar-refractivity contribution in [1.29, 1.82) is 0 Å². The van der Waals surface area contributed by atoms with E-state index in [1.54, 1.807) is 62.3 Å². The van der Waals surface area contributed by atoms with Crippen LogP contribution >= 0.6 is 0 Å². The summed E-state index contributed by atoms with van der Waals surface area (Å²) in [6.45, 7) is 26.7. The molecule has 5 aliphatic rings. The van der Waals surface area contributed by atoms with E-state index < -0.39 is 156 Å². The summed E-state index contributed by atoms with van der Waals surface area (Å²) >= 11 is 0. The molecule has 1 aromatic heterocycles. The van der Waals surface area contributed by atoms with E-state index in [4.69, 9.17) is 56.9 Å². The van der Waals surface area contributed by atoms with Crippen LogP contribution in [0.5, 0.6) is 5.88 Å². The maximum absolute atomic E-state index is 16.1. The quantitative estimate of drug-likeness (QED) is 0.0633. The number of cyclic esters (lactones) is 1. The fourth-order valence-electron chi connectivity index (χ4n) is 12.9. The van der Waals surface area contributed by atoms with Gasteiger partial charge in [0, 0.05) is 76.4 Å². The number of methoxy groups -OCH3 is 2. The molecule has 1 saturated carbocycles. The molecule has 88 heavy (non-hydrogen) atoms. The summed E-state index contributed by atoms with van der Waals surface area (Å²) in [6.07, 6.45) is -10.2. The standard InChI is InChI=1S/C62H102N6O20/c1-30(2)21-45(70)84-51-37(9)50(32(4)28-80-59-54(78-17)53(77-16)47(71)40(12)83-59)86-57(75)39(11)52(85-46-22-33(5)68(41-19-20-41)27-35(7)81-46)36(8)49(87-58-48(72)42(67-79-18)23-34(6)82-58)31(3)24-62(15,55(73)38(51)10)88-60(76)66-61(13,14)29-65-56(74)43-25-64-44(69)26-63-43/h25-26,30-41,46-54,58-59,71-72H,19-24,27-29H2,1-18H3,(H,64,69)(H,65,74)(H,66,76)/t31-,32-,33-,34+,35-,36+,37-,38+,39+,40+,46-,47+,48+,49-,50+,51+,52-,53+,54+,58-,59+,62-/m0/s1. The zero-order valence-corrected chi connectivity index (χ0v) is 54.9. The molecule has 5 fully saturated rings. The van der Waals surface area contributed by atoms with Crippen LogP contribution < -0.4 is 10.6 Å². The smallest absolute Gasteiger partial charge is 0.408 e. The molecule has 4 aliphatic heterocycles. The molecular weight excluding hydrogens is 1150 g/mol. The van der Waals surface area contributed by atoms with Crippen molar-refractivity contribution in [2.75, 3.05) is 41.0 Å². The number of hydrogen-bond donors (Lipinski definition) is 5. The van der Waals surface area contributed by atoms with Gasteiger partial charge in [-0.2, -0.15) is 0 Å². The second kappa shape index (κ2) is 31.5. The van der Waals surface area contributed by atoms with Gasteiger partial charge in [0.1, 0.15) is 49.4 Å². The molecule has 26 heteroatoms. The molecule has 1 aliphatic carbocycles. The van der Waals surface area contributed by atoms with Gasteiger partial charge in [0.2, 0.25) is 5.88 Å². The number of aromatic nitrogens is 2. The first-order valence-electron chi connectivity index (χ1n) is 31.2. The van der Waals surface area contributed by atoms with Gasteiger partial charge in [-0.1, -0.05) is 53.6 Å². The Morgan fingerprint density at radius 3 is 2.14 bits per heavy atom. The number of nitrogens with one attached hydrogen (secondary N) is 2. The van der Waals surface area contributed by atoms with Crippen LogP contribution in [0.15, 0.2) is 17.5 Å². The van der Waals surface area contributed by atoms with E-state index in [-0.39, 0.29) is 67.8 Å². The number of carbonyl (C=O) groups excluding carboxylic acids is 5. The first-order valence-corrected chi connectivity index (χ1v) is 31.2. The molecule has 5 heterocycles. The molecule has 500 valence electrons. The van der Waals surface area contributed by atoms with Crippen molar-refractivity contribution in [2.45, 2.75) is 252 Å². The Bertz CT molecular complexity index is 2490. The normalized spacial score (nSPS) is 37.6. The van der Waals surface area contributed by atoms with Gasteiger partial charge in [-0.25, -0.2) is 14.8 Å². The Balaban J connectivity index is 1.49. The number of aromatic hydroxyl groups is 1. The third-order valence-corrected chi connectivity index (χ3v) is 17.7. The van der Waals surface area contributed by atoms with Gasteiger partial charge in [0.15, 0.2) is 30.3 Å². The van der Waals surface area contributed by atoms with Gasteiger partial charge in [-0.15, -0.1) is 0 Å². The Morgan fingerprint density at radius 2 is 1.52 bits per heavy atom. The van der Waals surface area contributed by atoms with Crippen LogP contribution in [0.1, 0.15) is 153 Å². The number of aliphatic hydroxyl groups excluding tert-OH is 2. The summed E-state index contributed by atoms with van der Waals surface area (Å²) in [7, 11) is 4.25. The Hall–Kier alpha value is -4.74. The lowest BCUT2D eigenvalue weighted by atomic mass is 9.74. The van der Waals surface area contributed by atoms with E-state index in [0.29, 0.717) is 19.0 Å². The maximum Gasteiger partial charge on any atom is 0.408 e. The number of rotatable bonds is 20. The third-order valence-electron chi connectivity index (χ3n) is 17.7. The van der Waals surface area contributed by atoms with Crippen LogP contribution in [-0.4, -0.2) is 216 Å². The number of hydrogen-bond acceptors (Lipinski definition) is 24. The van der Waals surface area contributed by atoms with Crippen LogP contribution in [0.4, 0.5) is 4.79 Å². The lowest BCUT2D eigenvalue weighted by Crippen LogP contribution is -2.59. The van der Waals surface area contributed by atoms with Gasteiger partial charge >= 0.3 is 18.0 Å². The molecule has 4 saturated heterocycles. The fourth-order valence-corrected chi connectivity index (χ4v) is 12.9. The highest BCUT2D eigenvalue weighted by atomic mass is 16.7. The van der Waals surface area contributed by atoms with E-state index in [9.17, 15) is 29.7 Å². The highest BCUT2D eigenvalue weighted by Gasteiger charge is 2.53. The zero-order valence-electron chi connectivity index (χ0n) is 54.9. The summed E-state index contributed by atoms with van der Waals surface area (Å²) in [5, 5.41) is 42.2. The molecule has 0 unspecified atom stereocenters. The summed E-state index contributed by atoms with van der Waals surface area (Å²) in [5.74, 6) is -9.03. The number of alkyl carbamates (subject to hydrolysis) is 1. The average Bonchev–Trinajstić information content (AvgIpc) is 3.63. The Morgan fingerprint density at radius 1 is 0.841 bits per heavy atom. The minimum Gasteiger partial charge on any atom is -0.492 e. The van der Waals surface area contributed by atoms with Crippen molar-refractivity contribution in [1.82, 2.24) is 25.5 Å². The second-order valence-corrected chi connectivity index (χ2v) is 26.6. The van der Waals surface area contributed by atoms with Gasteiger partial charge in [0.05, 0.1) is 72.6 Å². The molecule has 0 bridgehead atoms. The topological polar surface area (TPSA) is 322 Å². The van der Waals surface area contributed by atoms with Crippen molar-refractivity contribution in [2.24, 2.45) is 46.6 Å². The third kappa shape index (κ3) is 18.7. The first-order chi connectivity index (χ1) is 41.3. The van der Waals surface area contributed by atoms with E-state index in [1.807, 2.05) is 27.7 Å². The minimum atomic E-state index is -2.10. The molecule has 22 atom stereocenters. The average molecular weight is 1250 g/mol. The van der Waals surface area contributed by atoms with Crippen LogP contribution in [-0.2, 0) is 71.3 Å². The molecule has 6 rings (SSSR count). The minimum absolute atomic E-state index is 0.0276. The molecule has 0 spiro atoms. The van der Waals surface area contributed by atoms with Crippen molar-refractivity contribution in [3.05, 3.63) is 18.1 Å². The molecule has 5 N–H and O–H groups in total. The number of ketones is 1. The predicted molar refractivity (Wildman–Crippen MR) is 317 cm³/mol. The van der Waals surface area contributed by atoms with Crippen molar-refractivity contribution in [3.63, 3.8) is 0 Å². The van der Waals surface area contributed by atoms with Gasteiger partial charge < -0.3 is 82.9 Å². The van der Waals surface area contributed by atoms with E-state index in [2.05, 4.69) is 37.6 Å². The number of esters is 2. The zero-order chi connectivity index (χ0) is 65.3. The number of nitrogens with zero attached hydrogens (tertiary/aromatic N) is 4. The Kier molecular flexibility index (Phi) is 25.9. The van der Waals surface area contributed by atoms with E-state index in [1.165, 1.54) is 28.3 Å². The van der Waals surface area contributed by atoms with Crippen LogP contribution in [0.2, 0.25) is 0 Å².